The Morgan fingerprint density at radius 1 is 1.42 bits per heavy atom. The Labute approximate surface area is 112 Å². The van der Waals surface area contributed by atoms with Gasteiger partial charge in [-0.2, -0.15) is 0 Å². The van der Waals surface area contributed by atoms with Crippen LogP contribution in [0.2, 0.25) is 0 Å². The summed E-state index contributed by atoms with van der Waals surface area (Å²) in [5.74, 6) is -1.33. The normalized spacial score (nSPS) is 11.3. The molecule has 19 heavy (non-hydrogen) atoms. The number of hydrogen-bond acceptors (Lipinski definition) is 5. The summed E-state index contributed by atoms with van der Waals surface area (Å²) in [6, 6.07) is 2.90. The van der Waals surface area contributed by atoms with Gasteiger partial charge in [-0.15, -0.1) is 11.3 Å². The van der Waals surface area contributed by atoms with E-state index in [-0.39, 0.29) is 15.5 Å². The van der Waals surface area contributed by atoms with E-state index in [0.717, 1.165) is 29.5 Å². The number of sulfonamides is 1. The van der Waals surface area contributed by atoms with Crippen LogP contribution in [0.3, 0.4) is 0 Å². The number of halogens is 1. The van der Waals surface area contributed by atoms with Crippen molar-refractivity contribution >= 4 is 33.0 Å². The van der Waals surface area contributed by atoms with Crippen LogP contribution < -0.4 is 10.5 Å². The zero-order valence-electron chi connectivity index (χ0n) is 9.33. The number of aromatic nitrogens is 1. The molecule has 100 valence electrons. The van der Waals surface area contributed by atoms with Gasteiger partial charge in [-0.1, -0.05) is 0 Å². The highest BCUT2D eigenvalue weighted by molar-refractivity contribution is 7.89. The number of nitrogens with two attached hydrogens (primary N) is 1. The predicted octanol–water partition coefficient (Wildman–Crippen LogP) is 1.18. The lowest BCUT2D eigenvalue weighted by molar-refractivity contribution is 0.103. The van der Waals surface area contributed by atoms with Crippen molar-refractivity contribution in [3.05, 3.63) is 40.6 Å². The van der Waals surface area contributed by atoms with Gasteiger partial charge >= 0.3 is 0 Å². The first-order valence-electron chi connectivity index (χ1n) is 4.90. The Kier molecular flexibility index (Phi) is 3.60. The van der Waals surface area contributed by atoms with Crippen molar-refractivity contribution < 1.29 is 17.6 Å². The summed E-state index contributed by atoms with van der Waals surface area (Å²) in [5.41, 5.74) is 1.19. The lowest BCUT2D eigenvalue weighted by Gasteiger charge is -2.06. The number of carbonyl (C=O) groups is 1. The molecule has 1 amide bonds. The van der Waals surface area contributed by atoms with Gasteiger partial charge in [-0.25, -0.2) is 17.9 Å². The van der Waals surface area contributed by atoms with Gasteiger partial charge in [-0.05, 0) is 18.2 Å². The number of nitrogens with zero attached hydrogens (tertiary/aromatic N) is 1. The van der Waals surface area contributed by atoms with Crippen molar-refractivity contribution in [2.45, 2.75) is 4.90 Å². The molecule has 0 radical (unpaired) electrons. The number of primary sulfonamides is 1. The summed E-state index contributed by atoms with van der Waals surface area (Å²) in [5, 5.41) is 7.19. The maximum Gasteiger partial charge on any atom is 0.267 e. The van der Waals surface area contributed by atoms with Crippen LogP contribution in [0, 0.1) is 5.82 Å². The molecule has 0 spiro atoms. The minimum atomic E-state index is -3.96. The smallest absolute Gasteiger partial charge is 0.267 e. The summed E-state index contributed by atoms with van der Waals surface area (Å²) >= 11 is 1.08. The number of benzene rings is 1. The first-order chi connectivity index (χ1) is 8.88. The minimum Gasteiger partial charge on any atom is -0.319 e. The van der Waals surface area contributed by atoms with Gasteiger partial charge in [0.25, 0.3) is 5.91 Å². The third-order valence-corrected chi connectivity index (χ3v) is 3.85. The van der Waals surface area contributed by atoms with Gasteiger partial charge in [0.1, 0.15) is 10.7 Å². The molecule has 0 atom stereocenters. The summed E-state index contributed by atoms with van der Waals surface area (Å²) < 4.78 is 35.8. The van der Waals surface area contributed by atoms with E-state index in [9.17, 15) is 17.6 Å². The Bertz CT molecular complexity index is 714. The number of hydrogen-bond donors (Lipinski definition) is 2. The summed E-state index contributed by atoms with van der Waals surface area (Å²) in [6.07, 6.45) is 1.32. The number of nitrogens with one attached hydrogen (secondary N) is 1. The van der Waals surface area contributed by atoms with Crippen LogP contribution >= 0.6 is 11.3 Å². The van der Waals surface area contributed by atoms with Crippen LogP contribution in [0.1, 0.15) is 9.67 Å². The van der Waals surface area contributed by atoms with Crippen molar-refractivity contribution in [2.24, 2.45) is 5.14 Å². The summed E-state index contributed by atoms with van der Waals surface area (Å²) in [6.45, 7) is 0. The number of rotatable bonds is 3. The van der Waals surface area contributed by atoms with Crippen LogP contribution in [0.15, 0.2) is 34.8 Å². The molecule has 6 nitrogen and oxygen atoms in total. The van der Waals surface area contributed by atoms with E-state index in [0.29, 0.717) is 0 Å². The molecule has 1 heterocycles. The minimum absolute atomic E-state index is 0.259. The van der Waals surface area contributed by atoms with E-state index < -0.39 is 21.7 Å². The van der Waals surface area contributed by atoms with Crippen LogP contribution in [0.4, 0.5) is 10.1 Å². The quantitative estimate of drug-likeness (QED) is 0.888. The monoisotopic (exact) mass is 301 g/mol. The number of amides is 1. The highest BCUT2D eigenvalue weighted by Crippen LogP contribution is 2.20. The first-order valence-corrected chi connectivity index (χ1v) is 7.33. The summed E-state index contributed by atoms with van der Waals surface area (Å²) in [7, 11) is -3.96. The standard InChI is InChI=1S/C10H8FN3O3S2/c11-7-2-1-6(19(12,16)17)3-8(7)14-10(15)9-4-13-5-18-9/h1-5H,(H,14,15)(H2,12,16,17). The Morgan fingerprint density at radius 3 is 2.74 bits per heavy atom. The zero-order chi connectivity index (χ0) is 14.0. The van der Waals surface area contributed by atoms with Crippen molar-refractivity contribution in [2.75, 3.05) is 5.32 Å². The molecule has 2 aromatic rings. The molecule has 9 heteroatoms. The van der Waals surface area contributed by atoms with Crippen LogP contribution in [0.25, 0.3) is 0 Å². The van der Waals surface area contributed by atoms with Crippen LogP contribution in [-0.2, 0) is 10.0 Å². The SMILES string of the molecule is NS(=O)(=O)c1ccc(F)c(NC(=O)c2cncs2)c1. The second-order valence-electron chi connectivity index (χ2n) is 3.51. The Hall–Kier alpha value is -1.84. The van der Waals surface area contributed by atoms with E-state index >= 15 is 0 Å². The molecular weight excluding hydrogens is 293 g/mol. The molecule has 0 bridgehead atoms. The third-order valence-electron chi connectivity index (χ3n) is 2.17. The third kappa shape index (κ3) is 3.13. The van der Waals surface area contributed by atoms with Crippen LogP contribution in [-0.4, -0.2) is 19.3 Å². The van der Waals surface area contributed by atoms with E-state index in [1.807, 2.05) is 0 Å². The molecule has 0 aliphatic rings. The average Bonchev–Trinajstić information content (AvgIpc) is 2.84. The number of anilines is 1. The molecule has 0 fully saturated rings. The highest BCUT2D eigenvalue weighted by atomic mass is 32.2. The number of carbonyl (C=O) groups excluding carboxylic acids is 1. The first kappa shape index (κ1) is 13.6. The van der Waals surface area contributed by atoms with Gasteiger partial charge in [0.2, 0.25) is 10.0 Å². The van der Waals surface area contributed by atoms with Crippen LogP contribution in [0.5, 0.6) is 0 Å². The fourth-order valence-electron chi connectivity index (χ4n) is 1.29. The molecular formula is C10H8FN3O3S2. The fourth-order valence-corrected chi connectivity index (χ4v) is 2.34. The Balaban J connectivity index is 2.32. The van der Waals surface area contributed by atoms with E-state index in [2.05, 4.69) is 10.3 Å². The molecule has 1 aromatic carbocycles. The lowest BCUT2D eigenvalue weighted by Crippen LogP contribution is -2.15. The highest BCUT2D eigenvalue weighted by Gasteiger charge is 2.14. The van der Waals surface area contributed by atoms with Crippen molar-refractivity contribution in [3.8, 4) is 0 Å². The molecule has 0 aliphatic heterocycles. The molecule has 3 N–H and O–H groups in total. The maximum absolute atomic E-state index is 13.5. The lowest BCUT2D eigenvalue weighted by atomic mass is 10.3. The maximum atomic E-state index is 13.5. The predicted molar refractivity (Wildman–Crippen MR) is 67.8 cm³/mol. The van der Waals surface area contributed by atoms with Gasteiger partial charge in [0, 0.05) is 0 Å². The molecule has 0 aliphatic carbocycles. The number of thiazole rings is 1. The second kappa shape index (κ2) is 5.03. The topological polar surface area (TPSA) is 102 Å². The van der Waals surface area contributed by atoms with Gasteiger partial charge in [-0.3, -0.25) is 9.78 Å². The van der Waals surface area contributed by atoms with Gasteiger partial charge < -0.3 is 5.32 Å². The second-order valence-corrected chi connectivity index (χ2v) is 5.95. The average molecular weight is 301 g/mol. The molecule has 0 unspecified atom stereocenters. The van der Waals surface area contributed by atoms with E-state index in [4.69, 9.17) is 5.14 Å². The van der Waals surface area contributed by atoms with Gasteiger partial charge in [0.05, 0.1) is 22.3 Å². The molecule has 0 saturated carbocycles. The van der Waals surface area contributed by atoms with E-state index in [1.54, 1.807) is 0 Å². The van der Waals surface area contributed by atoms with Gasteiger partial charge in [0.15, 0.2) is 0 Å². The Morgan fingerprint density at radius 2 is 2.16 bits per heavy atom. The van der Waals surface area contributed by atoms with Crippen molar-refractivity contribution in [3.63, 3.8) is 0 Å². The molecule has 0 saturated heterocycles. The largest absolute Gasteiger partial charge is 0.319 e. The van der Waals surface area contributed by atoms with E-state index in [1.165, 1.54) is 11.7 Å². The van der Waals surface area contributed by atoms with Crippen molar-refractivity contribution in [1.29, 1.82) is 0 Å². The molecule has 1 aromatic heterocycles. The fraction of sp³-hybridized carbons (Fsp3) is 0. The summed E-state index contributed by atoms with van der Waals surface area (Å²) in [4.78, 5) is 15.4. The zero-order valence-corrected chi connectivity index (χ0v) is 11.0. The molecule has 2 rings (SSSR count). The van der Waals surface area contributed by atoms with Crippen molar-refractivity contribution in [1.82, 2.24) is 4.98 Å².